The predicted molar refractivity (Wildman–Crippen MR) is 108 cm³/mol. The van der Waals surface area contributed by atoms with E-state index < -0.39 is 0 Å². The highest BCUT2D eigenvalue weighted by Gasteiger charge is 2.18. The van der Waals surface area contributed by atoms with Crippen LogP contribution >= 0.6 is 0 Å². The van der Waals surface area contributed by atoms with Gasteiger partial charge in [0.2, 0.25) is 0 Å². The van der Waals surface area contributed by atoms with Crippen molar-refractivity contribution < 1.29 is 4.39 Å². The molecular formula is C23H14FN3. The van der Waals surface area contributed by atoms with Crippen LogP contribution in [0.25, 0.3) is 55.0 Å². The largest absolute Gasteiger partial charge is 0.353 e. The number of hydrogen-bond acceptors (Lipinski definition) is 1. The number of pyridine rings is 1. The van der Waals surface area contributed by atoms with Gasteiger partial charge in [-0.1, -0.05) is 36.4 Å². The number of aromatic nitrogens is 3. The molecule has 0 aliphatic carbocycles. The zero-order chi connectivity index (χ0) is 18.0. The molecule has 3 heterocycles. The van der Waals surface area contributed by atoms with Gasteiger partial charge in [-0.3, -0.25) is 0 Å². The van der Waals surface area contributed by atoms with Gasteiger partial charge in [0.15, 0.2) is 0 Å². The van der Waals surface area contributed by atoms with E-state index in [0.29, 0.717) is 0 Å². The van der Waals surface area contributed by atoms with Gasteiger partial charge in [0.05, 0.1) is 22.2 Å². The Hall–Kier alpha value is -3.66. The molecule has 128 valence electrons. The van der Waals surface area contributed by atoms with Gasteiger partial charge in [0, 0.05) is 32.8 Å². The van der Waals surface area contributed by atoms with E-state index >= 15 is 0 Å². The van der Waals surface area contributed by atoms with Gasteiger partial charge < -0.3 is 9.97 Å². The summed E-state index contributed by atoms with van der Waals surface area (Å²) in [5.41, 5.74) is 6.75. The molecule has 27 heavy (non-hydrogen) atoms. The van der Waals surface area contributed by atoms with Crippen LogP contribution in [0.4, 0.5) is 4.39 Å². The lowest BCUT2D eigenvalue weighted by Gasteiger charge is -2.05. The highest BCUT2D eigenvalue weighted by molar-refractivity contribution is 6.25. The molecule has 4 heteroatoms. The van der Waals surface area contributed by atoms with Crippen molar-refractivity contribution in [3.05, 3.63) is 78.6 Å². The molecule has 0 radical (unpaired) electrons. The monoisotopic (exact) mass is 351 g/mol. The average molecular weight is 351 g/mol. The lowest BCUT2D eigenvalue weighted by atomic mass is 10.1. The van der Waals surface area contributed by atoms with Crippen LogP contribution < -0.4 is 0 Å². The summed E-state index contributed by atoms with van der Waals surface area (Å²) >= 11 is 0. The number of benzene rings is 3. The highest BCUT2D eigenvalue weighted by atomic mass is 19.1. The van der Waals surface area contributed by atoms with Crippen LogP contribution in [0.15, 0.2) is 72.8 Å². The molecule has 6 aromatic rings. The Morgan fingerprint density at radius 2 is 1.30 bits per heavy atom. The van der Waals surface area contributed by atoms with Crippen molar-refractivity contribution in [2.75, 3.05) is 0 Å². The van der Waals surface area contributed by atoms with Crippen molar-refractivity contribution in [3.8, 4) is 11.3 Å². The Bertz CT molecular complexity index is 1470. The van der Waals surface area contributed by atoms with Gasteiger partial charge in [-0.25, -0.2) is 9.37 Å². The summed E-state index contributed by atoms with van der Waals surface area (Å²) in [5.74, 6) is -0.250. The van der Waals surface area contributed by atoms with E-state index in [2.05, 4.69) is 34.2 Å². The molecule has 6 rings (SSSR count). The van der Waals surface area contributed by atoms with Crippen LogP contribution in [-0.2, 0) is 0 Å². The van der Waals surface area contributed by atoms with Crippen molar-refractivity contribution in [2.24, 2.45) is 0 Å². The van der Waals surface area contributed by atoms with E-state index in [1.54, 1.807) is 12.1 Å². The lowest BCUT2D eigenvalue weighted by molar-refractivity contribution is 0.628. The quantitative estimate of drug-likeness (QED) is 0.366. The third kappa shape index (κ3) is 1.98. The van der Waals surface area contributed by atoms with Crippen LogP contribution in [0.5, 0.6) is 0 Å². The number of hydrogen-bond donors (Lipinski definition) is 2. The van der Waals surface area contributed by atoms with Crippen molar-refractivity contribution >= 4 is 43.7 Å². The molecule has 0 spiro atoms. The number of halogens is 1. The predicted octanol–water partition coefficient (Wildman–Crippen LogP) is 6.16. The molecule has 0 atom stereocenters. The molecule has 3 aromatic carbocycles. The number of H-pyrrole nitrogens is 2. The minimum absolute atomic E-state index is 0.250. The van der Waals surface area contributed by atoms with Gasteiger partial charge in [0.25, 0.3) is 0 Å². The Balaban J connectivity index is 1.88. The zero-order valence-corrected chi connectivity index (χ0v) is 14.3. The van der Waals surface area contributed by atoms with Crippen molar-refractivity contribution in [1.82, 2.24) is 15.0 Å². The van der Waals surface area contributed by atoms with Crippen LogP contribution in [-0.4, -0.2) is 15.0 Å². The first-order valence-electron chi connectivity index (χ1n) is 8.86. The Morgan fingerprint density at radius 3 is 2.07 bits per heavy atom. The lowest BCUT2D eigenvalue weighted by Crippen LogP contribution is -1.88. The van der Waals surface area contributed by atoms with E-state index in [1.807, 2.05) is 24.3 Å². The summed E-state index contributed by atoms with van der Waals surface area (Å²) in [4.78, 5) is 12.1. The molecule has 0 bridgehead atoms. The maximum atomic E-state index is 13.5. The Morgan fingerprint density at radius 1 is 0.667 bits per heavy atom. The Labute approximate surface area is 153 Å². The second-order valence-corrected chi connectivity index (χ2v) is 6.78. The fourth-order valence-corrected chi connectivity index (χ4v) is 3.99. The smallest absolute Gasteiger partial charge is 0.123 e. The molecule has 0 aliphatic heterocycles. The number of para-hydroxylation sites is 2. The summed E-state index contributed by atoms with van der Waals surface area (Å²) in [6.07, 6.45) is 0. The van der Waals surface area contributed by atoms with E-state index in [1.165, 1.54) is 12.1 Å². The third-order valence-electron chi connectivity index (χ3n) is 5.21. The molecule has 0 unspecified atom stereocenters. The van der Waals surface area contributed by atoms with E-state index in [-0.39, 0.29) is 5.82 Å². The first-order chi connectivity index (χ1) is 13.3. The standard InChI is InChI=1S/C23H14FN3/c24-14-11-9-13(10-12-14)20-22-19(15-5-1-3-7-17(15)25-22)23-21(27-20)16-6-2-4-8-18(16)26-23/h1-12,25-26H. The first-order valence-corrected chi connectivity index (χ1v) is 8.86. The third-order valence-corrected chi connectivity index (χ3v) is 5.21. The first kappa shape index (κ1) is 14.5. The number of nitrogens with one attached hydrogen (secondary N) is 2. The van der Waals surface area contributed by atoms with Crippen LogP contribution in [0, 0.1) is 5.82 Å². The molecule has 0 aliphatic rings. The summed E-state index contributed by atoms with van der Waals surface area (Å²) in [6.45, 7) is 0. The van der Waals surface area contributed by atoms with Crippen molar-refractivity contribution in [2.45, 2.75) is 0 Å². The zero-order valence-electron chi connectivity index (χ0n) is 14.3. The van der Waals surface area contributed by atoms with Crippen LogP contribution in [0.3, 0.4) is 0 Å². The van der Waals surface area contributed by atoms with Gasteiger partial charge in [-0.2, -0.15) is 0 Å². The summed E-state index contributed by atoms with van der Waals surface area (Å²) in [7, 11) is 0. The van der Waals surface area contributed by atoms with E-state index in [4.69, 9.17) is 4.98 Å². The van der Waals surface area contributed by atoms with Crippen molar-refractivity contribution in [1.29, 1.82) is 0 Å². The Kier molecular flexibility index (Phi) is 2.78. The second-order valence-electron chi connectivity index (χ2n) is 6.78. The molecule has 2 N–H and O–H groups in total. The second kappa shape index (κ2) is 5.17. The molecule has 3 nitrogen and oxygen atoms in total. The molecule has 0 saturated carbocycles. The molecular weight excluding hydrogens is 337 g/mol. The maximum Gasteiger partial charge on any atom is 0.123 e. The normalized spacial score (nSPS) is 11.9. The molecule has 0 amide bonds. The molecule has 0 fully saturated rings. The van der Waals surface area contributed by atoms with E-state index in [9.17, 15) is 4.39 Å². The summed E-state index contributed by atoms with van der Waals surface area (Å²) in [6, 6.07) is 23.0. The molecule has 3 aromatic heterocycles. The topological polar surface area (TPSA) is 44.5 Å². The van der Waals surface area contributed by atoms with Gasteiger partial charge in [0.1, 0.15) is 5.82 Å². The number of fused-ring (bicyclic) bond motifs is 7. The average Bonchev–Trinajstić information content (AvgIpc) is 3.26. The maximum absolute atomic E-state index is 13.5. The van der Waals surface area contributed by atoms with Crippen LogP contribution in [0.1, 0.15) is 0 Å². The van der Waals surface area contributed by atoms with Gasteiger partial charge in [-0.15, -0.1) is 0 Å². The number of aromatic amines is 2. The minimum atomic E-state index is -0.250. The van der Waals surface area contributed by atoms with E-state index in [0.717, 1.165) is 55.0 Å². The number of nitrogens with zero attached hydrogens (tertiary/aromatic N) is 1. The fourth-order valence-electron chi connectivity index (χ4n) is 3.99. The highest BCUT2D eigenvalue weighted by Crippen LogP contribution is 2.38. The number of rotatable bonds is 1. The molecule has 0 saturated heterocycles. The minimum Gasteiger partial charge on any atom is -0.353 e. The fraction of sp³-hybridized carbons (Fsp3) is 0. The van der Waals surface area contributed by atoms with Gasteiger partial charge in [-0.05, 0) is 36.4 Å². The van der Waals surface area contributed by atoms with Gasteiger partial charge >= 0.3 is 0 Å². The van der Waals surface area contributed by atoms with Crippen LogP contribution in [0.2, 0.25) is 0 Å². The summed E-state index contributed by atoms with van der Waals surface area (Å²) < 4.78 is 13.5. The summed E-state index contributed by atoms with van der Waals surface area (Å²) in [5, 5.41) is 3.35. The van der Waals surface area contributed by atoms with Crippen molar-refractivity contribution in [3.63, 3.8) is 0 Å². The SMILES string of the molecule is Fc1ccc(-c2nc3c4ccccc4[nH]c3c3c2[nH]c2ccccc23)cc1.